The van der Waals surface area contributed by atoms with Crippen molar-refractivity contribution in [2.45, 2.75) is 95.8 Å². The van der Waals surface area contributed by atoms with E-state index >= 15 is 0 Å². The van der Waals surface area contributed by atoms with Crippen LogP contribution in [0.2, 0.25) is 0 Å². The van der Waals surface area contributed by atoms with E-state index in [1.54, 1.807) is 36.4 Å². The molecule has 3 aromatic carbocycles. The second-order valence-corrected chi connectivity index (χ2v) is 13.3. The van der Waals surface area contributed by atoms with Crippen LogP contribution >= 0.6 is 0 Å². The zero-order chi connectivity index (χ0) is 34.3. The Bertz CT molecular complexity index is 1640. The molecule has 0 aliphatic carbocycles. The van der Waals surface area contributed by atoms with Crippen LogP contribution in [0.25, 0.3) is 10.8 Å². The van der Waals surface area contributed by atoms with Crippen LogP contribution in [0.15, 0.2) is 86.5 Å². The van der Waals surface area contributed by atoms with Gasteiger partial charge in [0.15, 0.2) is 0 Å². The molecule has 250 valence electrons. The van der Waals surface area contributed by atoms with Crippen LogP contribution in [-0.4, -0.2) is 35.1 Å². The zero-order valence-corrected chi connectivity index (χ0v) is 28.4. The van der Waals surface area contributed by atoms with Gasteiger partial charge in [0, 0.05) is 45.0 Å². The summed E-state index contributed by atoms with van der Waals surface area (Å²) in [5.41, 5.74) is 2.56. The van der Waals surface area contributed by atoms with Gasteiger partial charge in [0.25, 0.3) is 23.6 Å². The van der Waals surface area contributed by atoms with Crippen molar-refractivity contribution in [1.82, 2.24) is 4.90 Å². The Hall–Kier alpha value is -4.58. The molecule has 0 atom stereocenters. The summed E-state index contributed by atoms with van der Waals surface area (Å²) in [7, 11) is 0. The molecule has 4 amide bonds. The van der Waals surface area contributed by atoms with Crippen LogP contribution in [0.5, 0.6) is 0 Å². The molecule has 6 heteroatoms. The molecular weight excluding hydrogens is 596 g/mol. The number of amides is 4. The predicted molar refractivity (Wildman–Crippen MR) is 195 cm³/mol. The molecule has 0 aromatic heterocycles. The summed E-state index contributed by atoms with van der Waals surface area (Å²) in [5, 5.41) is 0.786. The number of carbonyl (C=O) groups excluding carboxylic acids is 4. The van der Waals surface area contributed by atoms with Crippen molar-refractivity contribution in [3.63, 3.8) is 0 Å². The van der Waals surface area contributed by atoms with Gasteiger partial charge in [0.05, 0.1) is 5.69 Å². The van der Waals surface area contributed by atoms with E-state index in [9.17, 15) is 19.2 Å². The molecule has 0 spiro atoms. The lowest BCUT2D eigenvalue weighted by Crippen LogP contribution is -2.43. The predicted octanol–water partition coefficient (Wildman–Crippen LogP) is 10.1. The zero-order valence-electron chi connectivity index (χ0n) is 28.4. The largest absolute Gasteiger partial charge is 0.274 e. The normalized spacial score (nSPS) is 14.2. The average Bonchev–Trinajstić information content (AvgIpc) is 3.09. The van der Waals surface area contributed by atoms with Gasteiger partial charge < -0.3 is 0 Å². The summed E-state index contributed by atoms with van der Waals surface area (Å²) >= 11 is 0. The van der Waals surface area contributed by atoms with Gasteiger partial charge in [0.2, 0.25) is 0 Å². The smallest absolute Gasteiger partial charge is 0.265 e. The van der Waals surface area contributed by atoms with Gasteiger partial charge in [-0.2, -0.15) is 0 Å². The van der Waals surface area contributed by atoms with Crippen LogP contribution in [0.1, 0.15) is 137 Å². The maximum Gasteiger partial charge on any atom is 0.265 e. The molecule has 0 fully saturated rings. The lowest BCUT2D eigenvalue weighted by molar-refractivity contribution is 0.0606. The van der Waals surface area contributed by atoms with Gasteiger partial charge in [-0.15, -0.1) is 19.7 Å². The van der Waals surface area contributed by atoms with E-state index in [4.69, 9.17) is 0 Å². The van der Waals surface area contributed by atoms with Crippen molar-refractivity contribution in [2.24, 2.45) is 0 Å². The maximum atomic E-state index is 14.0. The van der Waals surface area contributed by atoms with Crippen molar-refractivity contribution in [2.75, 3.05) is 11.4 Å². The molecule has 2 aliphatic rings. The van der Waals surface area contributed by atoms with Gasteiger partial charge in [-0.05, 0) is 67.6 Å². The highest BCUT2D eigenvalue weighted by atomic mass is 16.2. The topological polar surface area (TPSA) is 74.8 Å². The number of anilines is 1. The number of nitrogens with zero attached hydrogens (tertiary/aromatic N) is 2. The monoisotopic (exact) mass is 644 g/mol. The number of rotatable bonds is 19. The summed E-state index contributed by atoms with van der Waals surface area (Å²) in [6.07, 6.45) is 19.5. The molecule has 2 aliphatic heterocycles. The summed E-state index contributed by atoms with van der Waals surface area (Å²) < 4.78 is 0. The van der Waals surface area contributed by atoms with E-state index in [2.05, 4.69) is 26.7 Å². The Kier molecular flexibility index (Phi) is 11.3. The average molecular weight is 645 g/mol. The van der Waals surface area contributed by atoms with Crippen molar-refractivity contribution in [1.29, 1.82) is 0 Å². The van der Waals surface area contributed by atoms with Gasteiger partial charge in [-0.1, -0.05) is 95.1 Å². The van der Waals surface area contributed by atoms with E-state index in [-0.39, 0.29) is 17.2 Å². The lowest BCUT2D eigenvalue weighted by Gasteiger charge is -2.33. The molecule has 0 saturated carbocycles. The highest BCUT2D eigenvalue weighted by Crippen LogP contribution is 2.41. The number of hydrogen-bond acceptors (Lipinski definition) is 4. The minimum Gasteiger partial charge on any atom is -0.274 e. The van der Waals surface area contributed by atoms with Crippen LogP contribution < -0.4 is 4.90 Å². The van der Waals surface area contributed by atoms with E-state index in [0.717, 1.165) is 44.1 Å². The molecule has 2 heterocycles. The lowest BCUT2D eigenvalue weighted by atomic mass is 9.72. The molecule has 48 heavy (non-hydrogen) atoms. The maximum absolute atomic E-state index is 14.0. The van der Waals surface area contributed by atoms with E-state index < -0.39 is 11.8 Å². The Balaban J connectivity index is 1.34. The van der Waals surface area contributed by atoms with Crippen molar-refractivity contribution in [3.05, 3.63) is 114 Å². The molecule has 0 N–H and O–H groups in total. The van der Waals surface area contributed by atoms with Gasteiger partial charge >= 0.3 is 0 Å². The number of unbranched alkanes of at least 4 members (excludes halogenated alkanes) is 9. The minimum absolute atomic E-state index is 0.265. The molecular formula is C42H48N2O4. The summed E-state index contributed by atoms with van der Waals surface area (Å²) in [5.74, 6) is -1.70. The third kappa shape index (κ3) is 6.58. The van der Waals surface area contributed by atoms with Crippen LogP contribution in [0.3, 0.4) is 0 Å². The number of allylic oxidation sites excluding steroid dienone is 3. The van der Waals surface area contributed by atoms with E-state index in [0.29, 0.717) is 45.3 Å². The van der Waals surface area contributed by atoms with Gasteiger partial charge in [-0.25, -0.2) is 4.90 Å². The fourth-order valence-electron chi connectivity index (χ4n) is 7.52. The third-order valence-electron chi connectivity index (χ3n) is 10.1. The third-order valence-corrected chi connectivity index (χ3v) is 10.1. The minimum atomic E-state index is -0.480. The highest BCUT2D eigenvalue weighted by molar-refractivity contribution is 6.39. The molecule has 0 bridgehead atoms. The van der Waals surface area contributed by atoms with Gasteiger partial charge in [0.1, 0.15) is 0 Å². The van der Waals surface area contributed by atoms with Crippen LogP contribution in [0.4, 0.5) is 5.69 Å². The van der Waals surface area contributed by atoms with Crippen LogP contribution in [-0.2, 0) is 5.41 Å². The molecule has 0 radical (unpaired) electrons. The Morgan fingerprint density at radius 2 is 0.938 bits per heavy atom. The second-order valence-electron chi connectivity index (χ2n) is 13.3. The van der Waals surface area contributed by atoms with Crippen molar-refractivity contribution >= 4 is 40.1 Å². The standard InChI is InChI=1S/C42H48N2O4/c1-5-9-10-11-12-13-14-15-16-17-29-43-38(45)32-22-24-34-37-35(25-23-33(36(32)37)39(43)46)41(48)44(40(34)47)31-20-18-30(19-21-31)42(26-6-2,27-7-3)28-8-4/h6-8,18-25H,2-5,9-17,26-29H2,1H3. The number of carbonyl (C=O) groups is 4. The summed E-state index contributed by atoms with van der Waals surface area (Å²) in [4.78, 5) is 57.7. The van der Waals surface area contributed by atoms with Crippen molar-refractivity contribution in [3.8, 4) is 0 Å². The molecule has 0 saturated heterocycles. The first-order valence-corrected chi connectivity index (χ1v) is 17.6. The first-order chi connectivity index (χ1) is 23.3. The van der Waals surface area contributed by atoms with Crippen LogP contribution in [0, 0.1) is 0 Å². The molecule has 0 unspecified atom stereocenters. The summed E-state index contributed by atoms with van der Waals surface area (Å²) in [6.45, 7) is 14.4. The highest BCUT2D eigenvalue weighted by Gasteiger charge is 2.40. The molecule has 3 aromatic rings. The number of imide groups is 2. The Labute approximate surface area is 285 Å². The van der Waals surface area contributed by atoms with Crippen molar-refractivity contribution < 1.29 is 19.2 Å². The Morgan fingerprint density at radius 3 is 1.35 bits per heavy atom. The first kappa shape index (κ1) is 34.7. The van der Waals surface area contributed by atoms with E-state index in [1.165, 1.54) is 54.7 Å². The van der Waals surface area contributed by atoms with E-state index in [1.807, 2.05) is 30.4 Å². The fraction of sp³-hybridized carbons (Fsp3) is 0.381. The molecule has 5 rings (SSSR count). The number of hydrogen-bond donors (Lipinski definition) is 0. The Morgan fingerprint density at radius 1 is 0.542 bits per heavy atom. The second kappa shape index (κ2) is 15.5. The SMILES string of the molecule is C=CCC(CC=C)(CC=C)c1ccc(N2C(=O)c3ccc4c5c(ccc(c35)C2=O)C(=O)N(CCCCCCCCCCCC)C4=O)cc1. The summed E-state index contributed by atoms with van der Waals surface area (Å²) in [6, 6.07) is 14.0. The first-order valence-electron chi connectivity index (χ1n) is 17.6. The fourth-order valence-corrected chi connectivity index (χ4v) is 7.52. The van der Waals surface area contributed by atoms with Gasteiger partial charge in [-0.3, -0.25) is 24.1 Å². The molecule has 6 nitrogen and oxygen atoms in total. The number of benzene rings is 3. The quantitative estimate of drug-likeness (QED) is 0.0739.